The zero-order chi connectivity index (χ0) is 14.7. The third kappa shape index (κ3) is 3.13. The molecular formula is C16H19N3O2. The molecule has 3 heterocycles. The molecule has 1 aliphatic rings. The van der Waals surface area contributed by atoms with E-state index < -0.39 is 0 Å². The van der Waals surface area contributed by atoms with Gasteiger partial charge in [-0.25, -0.2) is 0 Å². The first-order valence-corrected chi connectivity index (χ1v) is 7.13. The van der Waals surface area contributed by atoms with Crippen molar-refractivity contribution in [2.24, 2.45) is 13.0 Å². The van der Waals surface area contributed by atoms with Gasteiger partial charge in [0.15, 0.2) is 0 Å². The molecule has 1 fully saturated rings. The van der Waals surface area contributed by atoms with E-state index in [4.69, 9.17) is 4.74 Å². The van der Waals surface area contributed by atoms with E-state index in [1.54, 1.807) is 12.4 Å². The second-order valence-electron chi connectivity index (χ2n) is 5.44. The Balaban J connectivity index is 1.64. The summed E-state index contributed by atoms with van der Waals surface area (Å²) in [6.45, 7) is 1.26. The van der Waals surface area contributed by atoms with E-state index in [9.17, 15) is 4.79 Å². The number of hydrogen-bond acceptors (Lipinski definition) is 3. The Hall–Kier alpha value is -2.14. The van der Waals surface area contributed by atoms with Crippen LogP contribution in [-0.2, 0) is 18.2 Å². The standard InChI is InChI=1S/C16H19N3O2/c1-19-8-2-3-15(19)16(20)18-14-11-21-10-13(14)9-12-4-6-17-7-5-12/h2-8,13-14H,9-11H2,1H3,(H,18,20)/t13-,14+/m1/s1. The summed E-state index contributed by atoms with van der Waals surface area (Å²) in [5.41, 5.74) is 1.89. The van der Waals surface area contributed by atoms with Gasteiger partial charge in [0.05, 0.1) is 19.3 Å². The quantitative estimate of drug-likeness (QED) is 0.924. The molecule has 0 bridgehead atoms. The molecule has 2 aromatic rings. The van der Waals surface area contributed by atoms with Gasteiger partial charge in [-0.15, -0.1) is 0 Å². The number of ether oxygens (including phenoxy) is 1. The van der Waals surface area contributed by atoms with E-state index in [1.165, 1.54) is 5.56 Å². The molecule has 1 amide bonds. The van der Waals surface area contributed by atoms with Gasteiger partial charge in [0.2, 0.25) is 0 Å². The SMILES string of the molecule is Cn1cccc1C(=O)N[C@H]1COC[C@H]1Cc1ccncc1. The maximum atomic E-state index is 12.3. The predicted octanol–water partition coefficient (Wildman–Crippen LogP) is 1.41. The largest absolute Gasteiger partial charge is 0.379 e. The van der Waals surface area contributed by atoms with Crippen LogP contribution in [0.1, 0.15) is 16.1 Å². The first-order valence-electron chi connectivity index (χ1n) is 7.13. The molecule has 2 atom stereocenters. The lowest BCUT2D eigenvalue weighted by Crippen LogP contribution is -2.41. The number of pyridine rings is 1. The monoisotopic (exact) mass is 285 g/mol. The van der Waals surface area contributed by atoms with E-state index in [0.29, 0.717) is 24.8 Å². The average Bonchev–Trinajstić information content (AvgIpc) is 3.10. The van der Waals surface area contributed by atoms with Gasteiger partial charge in [0.25, 0.3) is 5.91 Å². The Bertz CT molecular complexity index is 609. The lowest BCUT2D eigenvalue weighted by Gasteiger charge is -2.19. The smallest absolute Gasteiger partial charge is 0.268 e. The van der Waals surface area contributed by atoms with E-state index in [2.05, 4.69) is 10.3 Å². The van der Waals surface area contributed by atoms with Crippen molar-refractivity contribution in [3.8, 4) is 0 Å². The van der Waals surface area contributed by atoms with Gasteiger partial charge in [0, 0.05) is 31.6 Å². The van der Waals surface area contributed by atoms with Crippen molar-refractivity contribution in [3.05, 3.63) is 54.1 Å². The first-order chi connectivity index (χ1) is 10.2. The predicted molar refractivity (Wildman–Crippen MR) is 78.9 cm³/mol. The van der Waals surface area contributed by atoms with Crippen molar-refractivity contribution in [1.29, 1.82) is 0 Å². The van der Waals surface area contributed by atoms with Crippen LogP contribution in [0, 0.1) is 5.92 Å². The Kier molecular flexibility index (Phi) is 4.01. The average molecular weight is 285 g/mol. The Morgan fingerprint density at radius 3 is 2.90 bits per heavy atom. The van der Waals surface area contributed by atoms with Crippen LogP contribution in [0.25, 0.3) is 0 Å². The zero-order valence-electron chi connectivity index (χ0n) is 12.0. The van der Waals surface area contributed by atoms with Crippen LogP contribution in [0.3, 0.4) is 0 Å². The van der Waals surface area contributed by atoms with Gasteiger partial charge in [-0.1, -0.05) is 0 Å². The minimum absolute atomic E-state index is 0.0438. The highest BCUT2D eigenvalue weighted by Crippen LogP contribution is 2.19. The fourth-order valence-corrected chi connectivity index (χ4v) is 2.72. The maximum Gasteiger partial charge on any atom is 0.268 e. The highest BCUT2D eigenvalue weighted by atomic mass is 16.5. The minimum atomic E-state index is -0.0438. The lowest BCUT2D eigenvalue weighted by molar-refractivity contribution is 0.0917. The molecule has 2 aromatic heterocycles. The van der Waals surface area contributed by atoms with Crippen LogP contribution in [0.5, 0.6) is 0 Å². The summed E-state index contributed by atoms with van der Waals surface area (Å²) in [5, 5.41) is 3.09. The summed E-state index contributed by atoms with van der Waals surface area (Å²) in [7, 11) is 1.87. The van der Waals surface area contributed by atoms with E-state index in [1.807, 2.05) is 42.1 Å². The number of hydrogen-bond donors (Lipinski definition) is 1. The summed E-state index contributed by atoms with van der Waals surface area (Å²) < 4.78 is 7.38. The molecule has 0 saturated carbocycles. The lowest BCUT2D eigenvalue weighted by atomic mass is 9.95. The molecule has 0 radical (unpaired) electrons. The molecule has 5 nitrogen and oxygen atoms in total. The molecule has 5 heteroatoms. The van der Waals surface area contributed by atoms with Crippen molar-refractivity contribution >= 4 is 5.91 Å². The van der Waals surface area contributed by atoms with Gasteiger partial charge >= 0.3 is 0 Å². The van der Waals surface area contributed by atoms with Gasteiger partial charge in [-0.2, -0.15) is 0 Å². The number of amides is 1. The van der Waals surface area contributed by atoms with Crippen molar-refractivity contribution in [2.75, 3.05) is 13.2 Å². The number of aryl methyl sites for hydroxylation is 1. The third-order valence-corrected chi connectivity index (χ3v) is 3.94. The van der Waals surface area contributed by atoms with Crippen LogP contribution in [-0.4, -0.2) is 34.7 Å². The third-order valence-electron chi connectivity index (χ3n) is 3.94. The number of carbonyl (C=O) groups excluding carboxylic acids is 1. The summed E-state index contributed by atoms with van der Waals surface area (Å²) >= 11 is 0. The molecule has 0 spiro atoms. The number of nitrogens with one attached hydrogen (secondary N) is 1. The minimum Gasteiger partial charge on any atom is -0.379 e. The number of nitrogens with zero attached hydrogens (tertiary/aromatic N) is 2. The topological polar surface area (TPSA) is 56.2 Å². The van der Waals surface area contributed by atoms with Gasteiger partial charge in [-0.05, 0) is 36.2 Å². The summed E-state index contributed by atoms with van der Waals surface area (Å²) in [5.74, 6) is 0.259. The molecule has 110 valence electrons. The highest BCUT2D eigenvalue weighted by Gasteiger charge is 2.30. The molecule has 3 rings (SSSR count). The Labute approximate surface area is 124 Å². The molecule has 21 heavy (non-hydrogen) atoms. The second-order valence-corrected chi connectivity index (χ2v) is 5.44. The van der Waals surface area contributed by atoms with E-state index in [0.717, 1.165) is 6.42 Å². The fourth-order valence-electron chi connectivity index (χ4n) is 2.72. The molecule has 0 aliphatic carbocycles. The van der Waals surface area contributed by atoms with E-state index >= 15 is 0 Å². The van der Waals surface area contributed by atoms with Crippen LogP contribution in [0.15, 0.2) is 42.9 Å². The number of carbonyl (C=O) groups is 1. The van der Waals surface area contributed by atoms with Crippen molar-refractivity contribution in [3.63, 3.8) is 0 Å². The zero-order valence-corrected chi connectivity index (χ0v) is 12.0. The maximum absolute atomic E-state index is 12.3. The van der Waals surface area contributed by atoms with E-state index in [-0.39, 0.29) is 11.9 Å². The first kappa shape index (κ1) is 13.8. The molecule has 0 aromatic carbocycles. The fraction of sp³-hybridized carbons (Fsp3) is 0.375. The normalized spacial score (nSPS) is 21.4. The van der Waals surface area contributed by atoms with Crippen molar-refractivity contribution < 1.29 is 9.53 Å². The summed E-state index contributed by atoms with van der Waals surface area (Å²) in [6, 6.07) is 7.76. The van der Waals surface area contributed by atoms with Crippen LogP contribution < -0.4 is 5.32 Å². The van der Waals surface area contributed by atoms with Crippen LogP contribution in [0.2, 0.25) is 0 Å². The van der Waals surface area contributed by atoms with Gasteiger partial charge < -0.3 is 14.6 Å². The molecule has 1 aliphatic heterocycles. The Morgan fingerprint density at radius 2 is 2.19 bits per heavy atom. The molecule has 1 N–H and O–H groups in total. The van der Waals surface area contributed by atoms with Gasteiger partial charge in [-0.3, -0.25) is 9.78 Å². The summed E-state index contributed by atoms with van der Waals surface area (Å²) in [6.07, 6.45) is 6.35. The van der Waals surface area contributed by atoms with Crippen molar-refractivity contribution in [2.45, 2.75) is 12.5 Å². The number of rotatable bonds is 4. The number of aromatic nitrogens is 2. The molecule has 0 unspecified atom stereocenters. The van der Waals surface area contributed by atoms with Crippen LogP contribution in [0.4, 0.5) is 0 Å². The second kappa shape index (κ2) is 6.10. The Morgan fingerprint density at radius 1 is 1.38 bits per heavy atom. The highest BCUT2D eigenvalue weighted by molar-refractivity contribution is 5.92. The molecular weight excluding hydrogens is 266 g/mol. The molecule has 1 saturated heterocycles. The summed E-state index contributed by atoms with van der Waals surface area (Å²) in [4.78, 5) is 16.3. The van der Waals surface area contributed by atoms with Gasteiger partial charge in [0.1, 0.15) is 5.69 Å². The van der Waals surface area contributed by atoms with Crippen LogP contribution >= 0.6 is 0 Å². The van der Waals surface area contributed by atoms with Crippen molar-refractivity contribution in [1.82, 2.24) is 14.9 Å².